The molecule has 1 fully saturated rings. The highest BCUT2D eigenvalue weighted by Crippen LogP contribution is 2.28. The molecule has 0 aliphatic carbocycles. The standard InChI is InChI=1S/C16H18N4S2/c1-18-9-10-20(16(18)21)11-19-8-4-6-13(19)15-17-12-5-2-3-7-14(12)22-15/h2-3,5,7,9-10,13H,4,6,8,11H2,1H3/p+1/t13-/m1/s1. The van der Waals surface area contributed by atoms with Crippen molar-refractivity contribution in [2.45, 2.75) is 25.6 Å². The van der Waals surface area contributed by atoms with Crippen molar-refractivity contribution in [2.24, 2.45) is 7.05 Å². The molecule has 22 heavy (non-hydrogen) atoms. The third-order valence-electron chi connectivity index (χ3n) is 4.48. The van der Waals surface area contributed by atoms with E-state index in [2.05, 4.69) is 35.0 Å². The molecule has 2 aromatic heterocycles. The monoisotopic (exact) mass is 331 g/mol. The summed E-state index contributed by atoms with van der Waals surface area (Å²) in [6.45, 7) is 2.12. The van der Waals surface area contributed by atoms with Gasteiger partial charge in [0, 0.05) is 32.3 Å². The summed E-state index contributed by atoms with van der Waals surface area (Å²) in [7, 11) is 2.00. The van der Waals surface area contributed by atoms with Crippen LogP contribution in [0.1, 0.15) is 23.9 Å². The van der Waals surface area contributed by atoms with E-state index in [1.54, 1.807) is 4.90 Å². The van der Waals surface area contributed by atoms with E-state index in [4.69, 9.17) is 17.2 Å². The van der Waals surface area contributed by atoms with Crippen LogP contribution in [0.2, 0.25) is 0 Å². The second-order valence-corrected chi connectivity index (χ2v) is 7.37. The van der Waals surface area contributed by atoms with Crippen molar-refractivity contribution in [2.75, 3.05) is 6.54 Å². The first-order valence-electron chi connectivity index (χ1n) is 7.64. The number of para-hydroxylation sites is 1. The highest BCUT2D eigenvalue weighted by Gasteiger charge is 2.32. The third kappa shape index (κ3) is 2.41. The molecule has 1 unspecified atom stereocenters. The van der Waals surface area contributed by atoms with Gasteiger partial charge >= 0.3 is 0 Å². The Morgan fingerprint density at radius 1 is 1.36 bits per heavy atom. The van der Waals surface area contributed by atoms with Crippen LogP contribution >= 0.6 is 23.6 Å². The summed E-state index contributed by atoms with van der Waals surface area (Å²) >= 11 is 7.31. The molecule has 0 saturated carbocycles. The van der Waals surface area contributed by atoms with Crippen molar-refractivity contribution < 1.29 is 4.90 Å². The average molecular weight is 331 g/mol. The maximum Gasteiger partial charge on any atom is 0.183 e. The van der Waals surface area contributed by atoms with Gasteiger partial charge in [-0.05, 0) is 24.4 Å². The molecular formula is C16H19N4S2+. The van der Waals surface area contributed by atoms with Gasteiger partial charge in [-0.3, -0.25) is 4.57 Å². The van der Waals surface area contributed by atoms with Gasteiger partial charge in [-0.15, -0.1) is 11.3 Å². The lowest BCUT2D eigenvalue weighted by Crippen LogP contribution is -3.09. The molecule has 1 aliphatic rings. The lowest BCUT2D eigenvalue weighted by atomic mass is 10.2. The lowest BCUT2D eigenvalue weighted by Gasteiger charge is -2.20. The van der Waals surface area contributed by atoms with Crippen LogP contribution in [0.5, 0.6) is 0 Å². The molecule has 1 N–H and O–H groups in total. The van der Waals surface area contributed by atoms with Crippen LogP contribution in [0, 0.1) is 4.77 Å². The number of rotatable bonds is 3. The van der Waals surface area contributed by atoms with Gasteiger partial charge in [0.2, 0.25) is 0 Å². The van der Waals surface area contributed by atoms with E-state index >= 15 is 0 Å². The van der Waals surface area contributed by atoms with Crippen LogP contribution in [0.4, 0.5) is 0 Å². The quantitative estimate of drug-likeness (QED) is 0.747. The average Bonchev–Trinajstić information content (AvgIpc) is 3.22. The number of aryl methyl sites for hydroxylation is 1. The van der Waals surface area contributed by atoms with Crippen molar-refractivity contribution >= 4 is 33.8 Å². The van der Waals surface area contributed by atoms with Gasteiger partial charge in [-0.2, -0.15) is 0 Å². The first-order chi connectivity index (χ1) is 10.7. The highest BCUT2D eigenvalue weighted by molar-refractivity contribution is 7.71. The minimum Gasteiger partial charge on any atom is -0.327 e. The molecule has 0 bridgehead atoms. The molecule has 114 valence electrons. The number of nitrogens with one attached hydrogen (secondary N) is 1. The molecule has 6 heteroatoms. The summed E-state index contributed by atoms with van der Waals surface area (Å²) in [6, 6.07) is 8.93. The van der Waals surface area contributed by atoms with Gasteiger partial charge in [0.15, 0.2) is 16.4 Å². The number of imidazole rings is 1. The Hall–Kier alpha value is -1.50. The van der Waals surface area contributed by atoms with Gasteiger partial charge < -0.3 is 9.47 Å². The fourth-order valence-corrected chi connectivity index (χ4v) is 4.63. The predicted molar refractivity (Wildman–Crippen MR) is 91.7 cm³/mol. The molecular weight excluding hydrogens is 312 g/mol. The summed E-state index contributed by atoms with van der Waals surface area (Å²) < 4.78 is 6.36. The molecule has 4 rings (SSSR count). The van der Waals surface area contributed by atoms with Gasteiger partial charge in [0.25, 0.3) is 0 Å². The number of likely N-dealkylation sites (tertiary alicyclic amines) is 1. The van der Waals surface area contributed by atoms with E-state index in [0.717, 1.165) is 17.0 Å². The largest absolute Gasteiger partial charge is 0.327 e. The van der Waals surface area contributed by atoms with E-state index in [0.29, 0.717) is 6.04 Å². The van der Waals surface area contributed by atoms with E-state index in [9.17, 15) is 0 Å². The van der Waals surface area contributed by atoms with Crippen LogP contribution in [0.15, 0.2) is 36.7 Å². The van der Waals surface area contributed by atoms with Gasteiger partial charge in [0.05, 0.1) is 16.8 Å². The number of hydrogen-bond acceptors (Lipinski definition) is 3. The number of hydrogen-bond donors (Lipinski definition) is 1. The van der Waals surface area contributed by atoms with E-state index < -0.39 is 0 Å². The summed E-state index contributed by atoms with van der Waals surface area (Å²) in [5, 5.41) is 1.27. The molecule has 0 amide bonds. The smallest absolute Gasteiger partial charge is 0.183 e. The molecule has 0 spiro atoms. The van der Waals surface area contributed by atoms with Crippen molar-refractivity contribution in [3.63, 3.8) is 0 Å². The SMILES string of the molecule is Cn1ccn(C[NH+]2CCC[C@@H]2c2nc3ccccc3s2)c1=S. The normalized spacial score (nSPS) is 21.7. The first kappa shape index (κ1) is 14.1. The number of thiazole rings is 1. The number of aromatic nitrogens is 3. The van der Waals surface area contributed by atoms with Gasteiger partial charge in [-0.1, -0.05) is 12.1 Å². The van der Waals surface area contributed by atoms with Crippen LogP contribution < -0.4 is 4.90 Å². The molecule has 1 saturated heterocycles. The Morgan fingerprint density at radius 2 is 2.23 bits per heavy atom. The molecule has 1 aliphatic heterocycles. The fourth-order valence-electron chi connectivity index (χ4n) is 3.29. The van der Waals surface area contributed by atoms with Crippen LogP contribution in [0.3, 0.4) is 0 Å². The third-order valence-corrected chi connectivity index (χ3v) is 6.16. The van der Waals surface area contributed by atoms with Crippen LogP contribution in [0.25, 0.3) is 10.2 Å². The Labute approximate surface area is 138 Å². The molecule has 3 aromatic rings. The molecule has 0 radical (unpaired) electrons. The summed E-state index contributed by atoms with van der Waals surface area (Å²) in [6.07, 6.45) is 6.60. The van der Waals surface area contributed by atoms with Gasteiger partial charge in [-0.25, -0.2) is 4.98 Å². The highest BCUT2D eigenvalue weighted by atomic mass is 32.1. The minimum absolute atomic E-state index is 0.500. The van der Waals surface area contributed by atoms with Gasteiger partial charge in [0.1, 0.15) is 6.04 Å². The Bertz CT molecular complexity index is 827. The summed E-state index contributed by atoms with van der Waals surface area (Å²) in [5.41, 5.74) is 1.13. The zero-order valence-electron chi connectivity index (χ0n) is 12.5. The topological polar surface area (TPSA) is 27.2 Å². The Kier molecular flexibility index (Phi) is 3.60. The van der Waals surface area contributed by atoms with Crippen molar-refractivity contribution in [1.29, 1.82) is 0 Å². The number of quaternary nitrogens is 1. The molecule has 2 atom stereocenters. The van der Waals surface area contributed by atoms with E-state index in [-0.39, 0.29) is 0 Å². The fraction of sp³-hybridized carbons (Fsp3) is 0.375. The zero-order chi connectivity index (χ0) is 15.1. The number of fused-ring (bicyclic) bond motifs is 1. The predicted octanol–water partition coefficient (Wildman–Crippen LogP) is 2.54. The van der Waals surface area contributed by atoms with Crippen LogP contribution in [-0.4, -0.2) is 20.7 Å². The second-order valence-electron chi connectivity index (χ2n) is 5.94. The summed E-state index contributed by atoms with van der Waals surface area (Å²) in [5.74, 6) is 0. The minimum atomic E-state index is 0.500. The Morgan fingerprint density at radius 3 is 3.00 bits per heavy atom. The lowest BCUT2D eigenvalue weighted by molar-refractivity contribution is -0.940. The summed E-state index contributed by atoms with van der Waals surface area (Å²) in [4.78, 5) is 6.44. The van der Waals surface area contributed by atoms with Crippen molar-refractivity contribution in [1.82, 2.24) is 14.1 Å². The number of benzene rings is 1. The number of nitrogens with zero attached hydrogens (tertiary/aromatic N) is 3. The second kappa shape index (κ2) is 5.61. The van der Waals surface area contributed by atoms with E-state index in [1.807, 2.05) is 29.1 Å². The zero-order valence-corrected chi connectivity index (χ0v) is 14.2. The maximum absolute atomic E-state index is 5.47. The van der Waals surface area contributed by atoms with Crippen molar-refractivity contribution in [3.8, 4) is 0 Å². The van der Waals surface area contributed by atoms with Crippen LogP contribution in [-0.2, 0) is 13.7 Å². The Balaban J connectivity index is 1.63. The van der Waals surface area contributed by atoms with E-state index in [1.165, 1.54) is 29.1 Å². The van der Waals surface area contributed by atoms with Crippen molar-refractivity contribution in [3.05, 3.63) is 46.4 Å². The molecule has 1 aromatic carbocycles. The molecule has 4 nitrogen and oxygen atoms in total. The maximum atomic E-state index is 5.47. The molecule has 3 heterocycles. The first-order valence-corrected chi connectivity index (χ1v) is 8.86.